The van der Waals surface area contributed by atoms with Crippen molar-refractivity contribution in [3.8, 4) is 5.75 Å². The molecule has 0 aliphatic carbocycles. The molecule has 0 atom stereocenters. The Morgan fingerprint density at radius 1 is 1.40 bits per heavy atom. The van der Waals surface area contributed by atoms with Gasteiger partial charge in [0.05, 0.1) is 7.11 Å². The Hall–Kier alpha value is -2.50. The Morgan fingerprint density at radius 3 is 2.85 bits per heavy atom. The molecular formula is C14H17N3O3. The molecule has 20 heavy (non-hydrogen) atoms. The van der Waals surface area contributed by atoms with Gasteiger partial charge >= 0.3 is 5.97 Å². The zero-order valence-electron chi connectivity index (χ0n) is 11.5. The van der Waals surface area contributed by atoms with Gasteiger partial charge in [0.2, 0.25) is 0 Å². The van der Waals surface area contributed by atoms with E-state index in [9.17, 15) is 4.79 Å². The number of esters is 1. The molecule has 2 rings (SSSR count). The van der Waals surface area contributed by atoms with Gasteiger partial charge in [-0.05, 0) is 25.1 Å². The van der Waals surface area contributed by atoms with Crippen LogP contribution >= 0.6 is 0 Å². The number of methoxy groups -OCH3 is 1. The molecule has 1 heterocycles. The number of carbonyl (C=O) groups is 1. The fraction of sp³-hybridized carbons (Fsp3) is 0.286. The summed E-state index contributed by atoms with van der Waals surface area (Å²) in [6, 6.07) is 7.35. The number of rotatable bonds is 5. The van der Waals surface area contributed by atoms with E-state index in [0.717, 1.165) is 11.1 Å². The van der Waals surface area contributed by atoms with Gasteiger partial charge in [0.1, 0.15) is 24.7 Å². The van der Waals surface area contributed by atoms with Crippen molar-refractivity contribution in [3.05, 3.63) is 41.6 Å². The molecule has 0 spiro atoms. The molecule has 0 saturated heterocycles. The smallest absolute Gasteiger partial charge is 0.328 e. The molecule has 0 amide bonds. The number of nitrogens with two attached hydrogens (primary N) is 1. The van der Waals surface area contributed by atoms with Crippen LogP contribution in [0.15, 0.2) is 30.5 Å². The minimum Gasteiger partial charge on any atom is -0.496 e. The lowest BCUT2D eigenvalue weighted by molar-refractivity contribution is -0.145. The standard InChI is InChI=1S/C14H17N3O3/c1-10-3-4-12(19-2)11(7-10)9-20-14(18)8-17-6-5-13(15)16-17/h3-7H,8-9H2,1-2H3,(H2,15,16). The Bertz CT molecular complexity index is 607. The van der Waals surface area contributed by atoms with E-state index in [1.807, 2.05) is 25.1 Å². The van der Waals surface area contributed by atoms with Crippen LogP contribution in [0.4, 0.5) is 5.82 Å². The molecule has 0 unspecified atom stereocenters. The number of ether oxygens (including phenoxy) is 2. The summed E-state index contributed by atoms with van der Waals surface area (Å²) in [4.78, 5) is 11.7. The van der Waals surface area contributed by atoms with Gasteiger partial charge in [-0.3, -0.25) is 9.48 Å². The predicted octanol–water partition coefficient (Wildman–Crippen LogP) is 1.53. The van der Waals surface area contributed by atoms with E-state index in [4.69, 9.17) is 15.2 Å². The third kappa shape index (κ3) is 3.50. The SMILES string of the molecule is COc1ccc(C)cc1COC(=O)Cn1ccc(N)n1. The van der Waals surface area contributed by atoms with E-state index >= 15 is 0 Å². The van der Waals surface area contributed by atoms with Crippen LogP contribution in [0.1, 0.15) is 11.1 Å². The highest BCUT2D eigenvalue weighted by atomic mass is 16.5. The number of nitrogens with zero attached hydrogens (tertiary/aromatic N) is 2. The van der Waals surface area contributed by atoms with Crippen LogP contribution in [-0.2, 0) is 22.7 Å². The summed E-state index contributed by atoms with van der Waals surface area (Å²) < 4.78 is 11.9. The number of nitrogen functional groups attached to an aromatic ring is 1. The van der Waals surface area contributed by atoms with Crippen molar-refractivity contribution in [2.75, 3.05) is 12.8 Å². The topological polar surface area (TPSA) is 79.4 Å². The molecular weight excluding hydrogens is 258 g/mol. The normalized spacial score (nSPS) is 10.3. The fourth-order valence-corrected chi connectivity index (χ4v) is 1.82. The van der Waals surface area contributed by atoms with Crippen molar-refractivity contribution in [1.82, 2.24) is 9.78 Å². The highest BCUT2D eigenvalue weighted by Crippen LogP contribution is 2.20. The van der Waals surface area contributed by atoms with E-state index in [1.165, 1.54) is 4.68 Å². The molecule has 0 bridgehead atoms. The molecule has 0 saturated carbocycles. The van der Waals surface area contributed by atoms with E-state index in [0.29, 0.717) is 11.6 Å². The summed E-state index contributed by atoms with van der Waals surface area (Å²) in [6.07, 6.45) is 1.63. The van der Waals surface area contributed by atoms with Crippen LogP contribution in [0.5, 0.6) is 5.75 Å². The van der Waals surface area contributed by atoms with Gasteiger partial charge in [0, 0.05) is 11.8 Å². The van der Waals surface area contributed by atoms with Gasteiger partial charge in [-0.2, -0.15) is 5.10 Å². The largest absolute Gasteiger partial charge is 0.496 e. The zero-order valence-corrected chi connectivity index (χ0v) is 11.5. The number of hydrogen-bond donors (Lipinski definition) is 1. The van der Waals surface area contributed by atoms with E-state index in [2.05, 4.69) is 5.10 Å². The summed E-state index contributed by atoms with van der Waals surface area (Å²) in [7, 11) is 1.59. The van der Waals surface area contributed by atoms with Crippen LogP contribution < -0.4 is 10.5 Å². The third-order valence-corrected chi connectivity index (χ3v) is 2.78. The molecule has 0 radical (unpaired) electrons. The van der Waals surface area contributed by atoms with Crippen molar-refractivity contribution in [1.29, 1.82) is 0 Å². The van der Waals surface area contributed by atoms with Gasteiger partial charge in [-0.25, -0.2) is 0 Å². The maximum Gasteiger partial charge on any atom is 0.328 e. The quantitative estimate of drug-likeness (QED) is 0.837. The Morgan fingerprint density at radius 2 is 2.20 bits per heavy atom. The lowest BCUT2D eigenvalue weighted by atomic mass is 10.1. The first-order valence-electron chi connectivity index (χ1n) is 6.16. The Labute approximate surface area is 117 Å². The van der Waals surface area contributed by atoms with E-state index < -0.39 is 0 Å². The monoisotopic (exact) mass is 275 g/mol. The van der Waals surface area contributed by atoms with Gasteiger partial charge in [0.25, 0.3) is 0 Å². The molecule has 0 aliphatic heterocycles. The van der Waals surface area contributed by atoms with Gasteiger partial charge in [-0.15, -0.1) is 0 Å². The summed E-state index contributed by atoms with van der Waals surface area (Å²) in [5, 5.41) is 3.92. The summed E-state index contributed by atoms with van der Waals surface area (Å²) in [5.74, 6) is 0.696. The second-order valence-corrected chi connectivity index (χ2v) is 4.41. The maximum atomic E-state index is 11.7. The first-order chi connectivity index (χ1) is 9.58. The molecule has 2 N–H and O–H groups in total. The first-order valence-corrected chi connectivity index (χ1v) is 6.16. The zero-order chi connectivity index (χ0) is 14.5. The highest BCUT2D eigenvalue weighted by Gasteiger charge is 2.09. The van der Waals surface area contributed by atoms with Crippen LogP contribution in [0.3, 0.4) is 0 Å². The maximum absolute atomic E-state index is 11.7. The summed E-state index contributed by atoms with van der Waals surface area (Å²) in [5.41, 5.74) is 7.39. The second-order valence-electron chi connectivity index (χ2n) is 4.41. The summed E-state index contributed by atoms with van der Waals surface area (Å²) in [6.45, 7) is 2.17. The van der Waals surface area contributed by atoms with Gasteiger partial charge in [-0.1, -0.05) is 11.6 Å². The molecule has 6 nitrogen and oxygen atoms in total. The number of aryl methyl sites for hydroxylation is 1. The van der Waals surface area contributed by atoms with E-state index in [-0.39, 0.29) is 19.1 Å². The minimum atomic E-state index is -0.378. The molecule has 1 aromatic heterocycles. The van der Waals surface area contributed by atoms with Gasteiger partial charge < -0.3 is 15.2 Å². The van der Waals surface area contributed by atoms with E-state index in [1.54, 1.807) is 19.4 Å². The van der Waals surface area contributed by atoms with Crippen molar-refractivity contribution >= 4 is 11.8 Å². The number of anilines is 1. The molecule has 0 fully saturated rings. The van der Waals surface area contributed by atoms with Crippen LogP contribution in [0, 0.1) is 6.92 Å². The number of aromatic nitrogens is 2. The number of hydrogen-bond acceptors (Lipinski definition) is 5. The third-order valence-electron chi connectivity index (χ3n) is 2.78. The van der Waals surface area contributed by atoms with Crippen molar-refractivity contribution < 1.29 is 14.3 Å². The van der Waals surface area contributed by atoms with Crippen LogP contribution in [0.25, 0.3) is 0 Å². The highest BCUT2D eigenvalue weighted by molar-refractivity contribution is 5.69. The predicted molar refractivity (Wildman–Crippen MR) is 74.2 cm³/mol. The Kier molecular flexibility index (Phi) is 4.24. The van der Waals surface area contributed by atoms with Crippen molar-refractivity contribution in [2.24, 2.45) is 0 Å². The molecule has 1 aromatic carbocycles. The molecule has 2 aromatic rings. The second kappa shape index (κ2) is 6.10. The van der Waals surface area contributed by atoms with Crippen molar-refractivity contribution in [3.63, 3.8) is 0 Å². The Balaban J connectivity index is 1.94. The van der Waals surface area contributed by atoms with Crippen molar-refractivity contribution in [2.45, 2.75) is 20.1 Å². The lowest BCUT2D eigenvalue weighted by Crippen LogP contribution is -2.14. The van der Waals surface area contributed by atoms with Crippen LogP contribution in [0.2, 0.25) is 0 Å². The molecule has 6 heteroatoms. The molecule has 0 aliphatic rings. The fourth-order valence-electron chi connectivity index (χ4n) is 1.82. The number of benzene rings is 1. The average Bonchev–Trinajstić information content (AvgIpc) is 2.82. The first kappa shape index (κ1) is 13.9. The summed E-state index contributed by atoms with van der Waals surface area (Å²) >= 11 is 0. The number of carbonyl (C=O) groups excluding carboxylic acids is 1. The lowest BCUT2D eigenvalue weighted by Gasteiger charge is -2.10. The van der Waals surface area contributed by atoms with Gasteiger partial charge in [0.15, 0.2) is 0 Å². The van der Waals surface area contributed by atoms with Crippen LogP contribution in [-0.4, -0.2) is 22.9 Å². The minimum absolute atomic E-state index is 0.0331. The average molecular weight is 275 g/mol. The molecule has 106 valence electrons.